The smallest absolute Gasteiger partial charge is 0.143 e. The van der Waals surface area contributed by atoms with Gasteiger partial charge in [-0.1, -0.05) is 6.07 Å². The zero-order chi connectivity index (χ0) is 12.4. The van der Waals surface area contributed by atoms with Crippen molar-refractivity contribution in [2.24, 2.45) is 5.92 Å². The largest absolute Gasteiger partial charge is 0.495 e. The van der Waals surface area contributed by atoms with Gasteiger partial charge < -0.3 is 20.5 Å². The first kappa shape index (κ1) is 12.0. The van der Waals surface area contributed by atoms with Gasteiger partial charge >= 0.3 is 0 Å². The van der Waals surface area contributed by atoms with Crippen molar-refractivity contribution >= 4 is 11.4 Å². The van der Waals surface area contributed by atoms with E-state index in [1.165, 1.54) is 0 Å². The number of hydrogen-bond acceptors (Lipinski definition) is 4. The fourth-order valence-electron chi connectivity index (χ4n) is 2.38. The topological polar surface area (TPSA) is 58.7 Å². The molecule has 1 aromatic carbocycles. The van der Waals surface area contributed by atoms with Gasteiger partial charge in [0.05, 0.1) is 24.6 Å². The van der Waals surface area contributed by atoms with Crippen molar-refractivity contribution in [3.8, 4) is 5.75 Å². The number of para-hydroxylation sites is 1. The van der Waals surface area contributed by atoms with Crippen LogP contribution in [0.5, 0.6) is 5.75 Å². The molecule has 2 rings (SSSR count). The van der Waals surface area contributed by atoms with Crippen LogP contribution in [0.15, 0.2) is 18.2 Å². The Hall–Kier alpha value is -1.42. The molecular formula is C13H20N2O2. The van der Waals surface area contributed by atoms with Crippen LogP contribution < -0.4 is 15.4 Å². The van der Waals surface area contributed by atoms with Gasteiger partial charge in [-0.2, -0.15) is 0 Å². The summed E-state index contributed by atoms with van der Waals surface area (Å²) >= 11 is 0. The summed E-state index contributed by atoms with van der Waals surface area (Å²) in [7, 11) is 3.65. The molecule has 94 valence electrons. The number of nitrogens with two attached hydrogens (primary N) is 1. The Labute approximate surface area is 102 Å². The lowest BCUT2D eigenvalue weighted by Crippen LogP contribution is -2.37. The summed E-state index contributed by atoms with van der Waals surface area (Å²) in [5.41, 5.74) is 7.71. The number of aliphatic hydroxyl groups is 1. The molecule has 1 aliphatic carbocycles. The molecule has 0 aromatic heterocycles. The minimum atomic E-state index is -0.101. The summed E-state index contributed by atoms with van der Waals surface area (Å²) in [6.45, 7) is 0.925. The maximum atomic E-state index is 9.28. The molecule has 0 heterocycles. The monoisotopic (exact) mass is 236 g/mol. The fourth-order valence-corrected chi connectivity index (χ4v) is 2.38. The first-order valence-electron chi connectivity index (χ1n) is 5.93. The molecule has 0 bridgehead atoms. The molecule has 0 saturated heterocycles. The van der Waals surface area contributed by atoms with E-state index in [2.05, 4.69) is 4.90 Å². The highest BCUT2D eigenvalue weighted by Gasteiger charge is 2.28. The third kappa shape index (κ3) is 2.47. The van der Waals surface area contributed by atoms with E-state index in [9.17, 15) is 5.11 Å². The van der Waals surface area contributed by atoms with E-state index < -0.39 is 0 Å². The van der Waals surface area contributed by atoms with Gasteiger partial charge in [0, 0.05) is 13.6 Å². The zero-order valence-corrected chi connectivity index (χ0v) is 10.4. The number of methoxy groups -OCH3 is 1. The van der Waals surface area contributed by atoms with Gasteiger partial charge in [0.15, 0.2) is 0 Å². The lowest BCUT2D eigenvalue weighted by atomic mass is 9.82. The molecule has 17 heavy (non-hydrogen) atoms. The van der Waals surface area contributed by atoms with Gasteiger partial charge in [-0.15, -0.1) is 0 Å². The average Bonchev–Trinajstić information content (AvgIpc) is 2.27. The highest BCUT2D eigenvalue weighted by molar-refractivity contribution is 5.73. The molecule has 4 nitrogen and oxygen atoms in total. The molecule has 0 radical (unpaired) electrons. The number of aliphatic hydroxyl groups excluding tert-OH is 1. The summed E-state index contributed by atoms with van der Waals surface area (Å²) in [5.74, 6) is 1.28. The van der Waals surface area contributed by atoms with E-state index in [0.717, 1.165) is 25.1 Å². The Bertz CT molecular complexity index is 389. The second-order valence-corrected chi connectivity index (χ2v) is 4.76. The van der Waals surface area contributed by atoms with Gasteiger partial charge in [0.25, 0.3) is 0 Å². The third-order valence-electron chi connectivity index (χ3n) is 3.42. The maximum Gasteiger partial charge on any atom is 0.143 e. The summed E-state index contributed by atoms with van der Waals surface area (Å²) in [6, 6.07) is 5.80. The van der Waals surface area contributed by atoms with E-state index in [0.29, 0.717) is 17.4 Å². The van der Waals surface area contributed by atoms with Crippen molar-refractivity contribution in [1.29, 1.82) is 0 Å². The fraction of sp³-hybridized carbons (Fsp3) is 0.538. The van der Waals surface area contributed by atoms with Gasteiger partial charge in [0.1, 0.15) is 5.75 Å². The molecule has 1 aromatic rings. The molecule has 1 fully saturated rings. The number of nitrogen functional groups attached to an aromatic ring is 1. The minimum Gasteiger partial charge on any atom is -0.495 e. The van der Waals surface area contributed by atoms with Crippen LogP contribution in [0.4, 0.5) is 11.4 Å². The Kier molecular flexibility index (Phi) is 3.43. The standard InChI is InChI=1S/C13H20N2O2/c1-15(8-9-6-10(16)7-9)11-4-3-5-12(17-2)13(11)14/h3-5,9-10,16H,6-8,14H2,1-2H3. The van der Waals surface area contributed by atoms with Crippen molar-refractivity contribution in [2.45, 2.75) is 18.9 Å². The second-order valence-electron chi connectivity index (χ2n) is 4.76. The Morgan fingerprint density at radius 1 is 1.47 bits per heavy atom. The Morgan fingerprint density at radius 3 is 2.76 bits per heavy atom. The van der Waals surface area contributed by atoms with Crippen LogP contribution in [-0.2, 0) is 0 Å². The number of anilines is 2. The molecule has 1 saturated carbocycles. The minimum absolute atomic E-state index is 0.101. The van der Waals surface area contributed by atoms with Gasteiger partial charge in [-0.3, -0.25) is 0 Å². The van der Waals surface area contributed by atoms with Crippen LogP contribution in [-0.4, -0.2) is 31.9 Å². The number of hydrogen-bond donors (Lipinski definition) is 2. The lowest BCUT2D eigenvalue weighted by molar-refractivity contribution is 0.0465. The second kappa shape index (κ2) is 4.84. The Balaban J connectivity index is 2.05. The first-order chi connectivity index (χ1) is 8.11. The molecule has 0 atom stereocenters. The molecule has 3 N–H and O–H groups in total. The van der Waals surface area contributed by atoms with Crippen molar-refractivity contribution in [3.63, 3.8) is 0 Å². The molecule has 0 aliphatic heterocycles. The highest BCUT2D eigenvalue weighted by atomic mass is 16.5. The van der Waals surface area contributed by atoms with E-state index in [4.69, 9.17) is 10.5 Å². The SMILES string of the molecule is COc1cccc(N(C)CC2CC(O)C2)c1N. The van der Waals surface area contributed by atoms with Crippen LogP contribution >= 0.6 is 0 Å². The van der Waals surface area contributed by atoms with E-state index >= 15 is 0 Å². The third-order valence-corrected chi connectivity index (χ3v) is 3.42. The van der Waals surface area contributed by atoms with Gasteiger partial charge in [-0.05, 0) is 30.9 Å². The normalized spacial score (nSPS) is 23.0. The number of benzene rings is 1. The van der Waals surface area contributed by atoms with E-state index in [1.54, 1.807) is 7.11 Å². The molecule has 0 spiro atoms. The maximum absolute atomic E-state index is 9.28. The van der Waals surface area contributed by atoms with Crippen molar-refractivity contribution < 1.29 is 9.84 Å². The molecule has 0 amide bonds. The number of ether oxygens (including phenoxy) is 1. The van der Waals surface area contributed by atoms with Crippen molar-refractivity contribution in [1.82, 2.24) is 0 Å². The molecular weight excluding hydrogens is 216 g/mol. The predicted molar refractivity (Wildman–Crippen MR) is 69.4 cm³/mol. The Morgan fingerprint density at radius 2 is 2.18 bits per heavy atom. The zero-order valence-electron chi connectivity index (χ0n) is 10.4. The van der Waals surface area contributed by atoms with Gasteiger partial charge in [-0.25, -0.2) is 0 Å². The number of nitrogens with zero attached hydrogens (tertiary/aromatic N) is 1. The number of rotatable bonds is 4. The summed E-state index contributed by atoms with van der Waals surface area (Å²) in [6.07, 6.45) is 1.69. The molecule has 1 aliphatic rings. The lowest BCUT2D eigenvalue weighted by Gasteiger charge is -2.35. The predicted octanol–water partition coefficient (Wildman–Crippen LogP) is 1.48. The summed E-state index contributed by atoms with van der Waals surface area (Å²) in [4.78, 5) is 2.13. The van der Waals surface area contributed by atoms with E-state index in [1.807, 2.05) is 25.2 Å². The van der Waals surface area contributed by atoms with Crippen LogP contribution in [0.1, 0.15) is 12.8 Å². The van der Waals surface area contributed by atoms with E-state index in [-0.39, 0.29) is 6.10 Å². The first-order valence-corrected chi connectivity index (χ1v) is 5.93. The van der Waals surface area contributed by atoms with Gasteiger partial charge in [0.2, 0.25) is 0 Å². The highest BCUT2D eigenvalue weighted by Crippen LogP contribution is 2.34. The average molecular weight is 236 g/mol. The van der Waals surface area contributed by atoms with Crippen LogP contribution in [0.3, 0.4) is 0 Å². The molecule has 4 heteroatoms. The summed E-state index contributed by atoms with van der Waals surface area (Å²) in [5, 5.41) is 9.28. The van der Waals surface area contributed by atoms with Crippen LogP contribution in [0.25, 0.3) is 0 Å². The quantitative estimate of drug-likeness (QED) is 0.778. The van der Waals surface area contributed by atoms with Crippen LogP contribution in [0.2, 0.25) is 0 Å². The van der Waals surface area contributed by atoms with Crippen molar-refractivity contribution in [3.05, 3.63) is 18.2 Å². The molecule has 0 unspecified atom stereocenters. The van der Waals surface area contributed by atoms with Crippen LogP contribution in [0, 0.1) is 5.92 Å². The summed E-state index contributed by atoms with van der Waals surface area (Å²) < 4.78 is 5.21. The van der Waals surface area contributed by atoms with Crippen molar-refractivity contribution in [2.75, 3.05) is 31.3 Å².